The molecule has 1 fully saturated rings. The van der Waals surface area contributed by atoms with Gasteiger partial charge in [0, 0.05) is 30.4 Å². The Morgan fingerprint density at radius 1 is 1.08 bits per heavy atom. The van der Waals surface area contributed by atoms with Crippen LogP contribution in [0.3, 0.4) is 0 Å². The second-order valence-electron chi connectivity index (χ2n) is 9.09. The lowest BCUT2D eigenvalue weighted by Crippen LogP contribution is -2.46. The zero-order valence-electron chi connectivity index (χ0n) is 20.9. The van der Waals surface area contributed by atoms with Gasteiger partial charge in [0.25, 0.3) is 5.91 Å². The number of amides is 1. The van der Waals surface area contributed by atoms with E-state index in [1.807, 2.05) is 65.5 Å². The van der Waals surface area contributed by atoms with Crippen molar-refractivity contribution in [3.8, 4) is 5.75 Å². The summed E-state index contributed by atoms with van der Waals surface area (Å²) in [7, 11) is 0. The van der Waals surface area contributed by atoms with E-state index < -0.39 is 6.10 Å². The Bertz CT molecular complexity index is 1580. The van der Waals surface area contributed by atoms with Crippen molar-refractivity contribution < 1.29 is 14.3 Å². The molecule has 10 nitrogen and oxygen atoms in total. The molecule has 1 N–H and O–H groups in total. The lowest BCUT2D eigenvalue weighted by atomic mass is 10.2. The van der Waals surface area contributed by atoms with Crippen molar-refractivity contribution in [2.24, 2.45) is 0 Å². The first-order chi connectivity index (χ1) is 18.7. The first kappa shape index (κ1) is 23.8. The van der Waals surface area contributed by atoms with Gasteiger partial charge in [0.05, 0.1) is 48.1 Å². The van der Waals surface area contributed by atoms with Gasteiger partial charge in [-0.05, 0) is 49.4 Å². The van der Waals surface area contributed by atoms with E-state index in [-0.39, 0.29) is 5.91 Å². The number of nitrogens with one attached hydrogen (secondary N) is 1. The van der Waals surface area contributed by atoms with Crippen LogP contribution in [0, 0.1) is 0 Å². The summed E-state index contributed by atoms with van der Waals surface area (Å²) >= 11 is 0. The predicted molar refractivity (Wildman–Crippen MR) is 143 cm³/mol. The fraction of sp³-hybridized carbons (Fsp3) is 0.250. The number of rotatable bonds is 7. The Morgan fingerprint density at radius 2 is 1.97 bits per heavy atom. The summed E-state index contributed by atoms with van der Waals surface area (Å²) in [5.41, 5.74) is 3.52. The molecule has 0 saturated carbocycles. The number of hydrogen-bond acceptors (Lipinski definition) is 8. The maximum absolute atomic E-state index is 12.9. The number of fused-ring (bicyclic) bond motifs is 2. The van der Waals surface area contributed by atoms with Crippen LogP contribution in [0.25, 0.3) is 21.8 Å². The quantitative estimate of drug-likeness (QED) is 0.353. The normalized spacial score (nSPS) is 14.5. The summed E-state index contributed by atoms with van der Waals surface area (Å²) in [6.45, 7) is 4.58. The molecular weight excluding hydrogens is 482 g/mol. The van der Waals surface area contributed by atoms with Gasteiger partial charge >= 0.3 is 0 Å². The molecule has 3 aromatic heterocycles. The monoisotopic (exact) mass is 509 g/mol. The minimum atomic E-state index is -0.659. The molecule has 1 aliphatic rings. The number of ether oxygens (including phenoxy) is 2. The van der Waals surface area contributed by atoms with E-state index in [1.54, 1.807) is 18.0 Å². The van der Waals surface area contributed by atoms with Crippen LogP contribution >= 0.6 is 0 Å². The van der Waals surface area contributed by atoms with Gasteiger partial charge in [-0.1, -0.05) is 12.1 Å². The van der Waals surface area contributed by atoms with E-state index in [2.05, 4.69) is 25.4 Å². The summed E-state index contributed by atoms with van der Waals surface area (Å²) < 4.78 is 13.5. The highest BCUT2D eigenvalue weighted by Crippen LogP contribution is 2.33. The second kappa shape index (κ2) is 10.4. The number of pyridine rings is 1. The Kier molecular flexibility index (Phi) is 6.53. The Labute approximate surface area is 219 Å². The van der Waals surface area contributed by atoms with Crippen molar-refractivity contribution in [3.05, 3.63) is 79.0 Å². The number of hydrogen-bond donors (Lipinski definition) is 1. The molecule has 0 bridgehead atoms. The smallest absolute Gasteiger partial charge is 0.263 e. The molecule has 6 rings (SSSR count). The Hall–Kier alpha value is -4.57. The third-order valence-electron chi connectivity index (χ3n) is 6.54. The molecule has 0 aliphatic carbocycles. The van der Waals surface area contributed by atoms with Crippen molar-refractivity contribution in [2.45, 2.75) is 19.6 Å². The fourth-order valence-corrected chi connectivity index (χ4v) is 4.63. The number of nitrogens with zero attached hydrogens (tertiary/aromatic N) is 6. The first-order valence-corrected chi connectivity index (χ1v) is 12.5. The average molecular weight is 510 g/mol. The van der Waals surface area contributed by atoms with Gasteiger partial charge in [-0.3, -0.25) is 14.5 Å². The van der Waals surface area contributed by atoms with E-state index in [9.17, 15) is 4.79 Å². The SMILES string of the molecule is C[C@@H](Oc1cccc2ncnc(Nc3ccc4c(cnn4Cc4ccccn4)c3)c12)C(=O)N1CCOCC1. The summed E-state index contributed by atoms with van der Waals surface area (Å²) in [6, 6.07) is 17.5. The topological polar surface area (TPSA) is 107 Å². The maximum atomic E-state index is 12.9. The van der Waals surface area contributed by atoms with Crippen LogP contribution in [0.2, 0.25) is 0 Å². The summed E-state index contributed by atoms with van der Waals surface area (Å²) in [4.78, 5) is 28.0. The standard InChI is InChI=1S/C28H27N7O3/c1-19(28(36)34-11-13-37-14-12-34)38-25-7-4-6-23-26(25)27(31-18-30-23)33-21-8-9-24-20(15-21)16-32-35(24)17-22-5-2-3-10-29-22/h2-10,15-16,18-19H,11-14,17H2,1H3,(H,30,31,33)/t19-/m1/s1. The molecule has 10 heteroatoms. The molecule has 1 saturated heterocycles. The number of aromatic nitrogens is 5. The molecular formula is C28H27N7O3. The van der Waals surface area contributed by atoms with Gasteiger partial charge in [0.15, 0.2) is 6.10 Å². The van der Waals surface area contributed by atoms with Crippen LogP contribution < -0.4 is 10.1 Å². The molecule has 4 heterocycles. The molecule has 1 atom stereocenters. The van der Waals surface area contributed by atoms with Crippen molar-refractivity contribution in [1.82, 2.24) is 29.6 Å². The van der Waals surface area contributed by atoms with Crippen LogP contribution in [-0.4, -0.2) is 67.9 Å². The van der Waals surface area contributed by atoms with Gasteiger partial charge in [-0.15, -0.1) is 0 Å². The van der Waals surface area contributed by atoms with Gasteiger partial charge in [0.2, 0.25) is 0 Å². The number of benzene rings is 2. The fourth-order valence-electron chi connectivity index (χ4n) is 4.63. The number of anilines is 2. The van der Waals surface area contributed by atoms with Crippen LogP contribution in [0.5, 0.6) is 5.75 Å². The third kappa shape index (κ3) is 4.85. The molecule has 1 amide bonds. The summed E-state index contributed by atoms with van der Waals surface area (Å²) in [5, 5.41) is 9.66. The molecule has 38 heavy (non-hydrogen) atoms. The van der Waals surface area contributed by atoms with E-state index in [4.69, 9.17) is 9.47 Å². The number of morpholine rings is 1. The Morgan fingerprint density at radius 3 is 2.82 bits per heavy atom. The lowest BCUT2D eigenvalue weighted by Gasteiger charge is -2.29. The van der Waals surface area contributed by atoms with Gasteiger partial charge in [-0.2, -0.15) is 5.10 Å². The van der Waals surface area contributed by atoms with Crippen LogP contribution in [0.4, 0.5) is 11.5 Å². The average Bonchev–Trinajstić information content (AvgIpc) is 3.35. The first-order valence-electron chi connectivity index (χ1n) is 12.5. The second-order valence-corrected chi connectivity index (χ2v) is 9.09. The van der Waals surface area contributed by atoms with Crippen LogP contribution in [0.15, 0.2) is 73.3 Å². The zero-order chi connectivity index (χ0) is 25.9. The third-order valence-corrected chi connectivity index (χ3v) is 6.54. The minimum absolute atomic E-state index is 0.0650. The van der Waals surface area contributed by atoms with E-state index in [0.29, 0.717) is 49.8 Å². The highest BCUT2D eigenvalue weighted by atomic mass is 16.5. The van der Waals surface area contributed by atoms with Crippen molar-refractivity contribution in [3.63, 3.8) is 0 Å². The molecule has 192 valence electrons. The maximum Gasteiger partial charge on any atom is 0.263 e. The number of carbonyl (C=O) groups is 1. The molecule has 5 aromatic rings. The highest BCUT2D eigenvalue weighted by molar-refractivity contribution is 5.97. The number of carbonyl (C=O) groups excluding carboxylic acids is 1. The van der Waals surface area contributed by atoms with Crippen molar-refractivity contribution in [1.29, 1.82) is 0 Å². The van der Waals surface area contributed by atoms with Crippen LogP contribution in [0.1, 0.15) is 12.6 Å². The minimum Gasteiger partial charge on any atom is -0.480 e. The van der Waals surface area contributed by atoms with Crippen molar-refractivity contribution >= 4 is 39.2 Å². The summed E-state index contributed by atoms with van der Waals surface area (Å²) in [5.74, 6) is 1.07. The molecule has 0 unspecified atom stereocenters. The molecule has 0 spiro atoms. The highest BCUT2D eigenvalue weighted by Gasteiger charge is 2.25. The molecule has 1 aliphatic heterocycles. The largest absolute Gasteiger partial charge is 0.480 e. The van der Waals surface area contributed by atoms with E-state index in [0.717, 1.165) is 27.8 Å². The molecule has 0 radical (unpaired) electrons. The van der Waals surface area contributed by atoms with Gasteiger partial charge in [-0.25, -0.2) is 9.97 Å². The van der Waals surface area contributed by atoms with Gasteiger partial charge in [0.1, 0.15) is 17.9 Å². The van der Waals surface area contributed by atoms with E-state index in [1.165, 1.54) is 6.33 Å². The zero-order valence-corrected chi connectivity index (χ0v) is 20.9. The van der Waals surface area contributed by atoms with Crippen molar-refractivity contribution in [2.75, 3.05) is 31.6 Å². The van der Waals surface area contributed by atoms with Crippen LogP contribution in [-0.2, 0) is 16.1 Å². The summed E-state index contributed by atoms with van der Waals surface area (Å²) in [6.07, 6.45) is 4.48. The Balaban J connectivity index is 1.26. The lowest BCUT2D eigenvalue weighted by molar-refractivity contribution is -0.142. The molecule has 2 aromatic carbocycles. The van der Waals surface area contributed by atoms with E-state index >= 15 is 0 Å². The van der Waals surface area contributed by atoms with Gasteiger partial charge < -0.3 is 19.7 Å². The predicted octanol–water partition coefficient (Wildman–Crippen LogP) is 3.79.